The Kier molecular flexibility index (Phi) is 5.03. The Morgan fingerprint density at radius 2 is 2.21 bits per heavy atom. The highest BCUT2D eigenvalue weighted by Crippen LogP contribution is 2.35. The van der Waals surface area contributed by atoms with Gasteiger partial charge in [0.1, 0.15) is 11.5 Å². The number of carbonyl (C=O) groups excluding carboxylic acids is 1. The van der Waals surface area contributed by atoms with Crippen LogP contribution in [0.3, 0.4) is 0 Å². The smallest absolute Gasteiger partial charge is 0.248 e. The van der Waals surface area contributed by atoms with Crippen LogP contribution in [0.25, 0.3) is 5.69 Å². The van der Waals surface area contributed by atoms with E-state index in [0.717, 1.165) is 11.1 Å². The molecular formula is C20H19FN4O3. The summed E-state index contributed by atoms with van der Waals surface area (Å²) in [6.07, 6.45) is 4.96. The van der Waals surface area contributed by atoms with Gasteiger partial charge in [0.25, 0.3) is 0 Å². The van der Waals surface area contributed by atoms with Crippen molar-refractivity contribution in [2.45, 2.75) is 19.1 Å². The minimum atomic E-state index is -0.445. The molecule has 0 bridgehead atoms. The first kappa shape index (κ1) is 18.1. The number of halogens is 1. The molecule has 0 unspecified atom stereocenters. The predicted octanol–water partition coefficient (Wildman–Crippen LogP) is 2.09. The maximum Gasteiger partial charge on any atom is 0.248 e. The minimum Gasteiger partial charge on any atom is -0.373 e. The van der Waals surface area contributed by atoms with Crippen molar-refractivity contribution in [3.8, 4) is 5.69 Å². The lowest BCUT2D eigenvalue weighted by molar-refractivity contribution is -0.126. The molecule has 1 aliphatic heterocycles. The van der Waals surface area contributed by atoms with Gasteiger partial charge in [-0.3, -0.25) is 9.59 Å². The molecule has 1 amide bonds. The van der Waals surface area contributed by atoms with Crippen molar-refractivity contribution in [3.63, 3.8) is 0 Å². The zero-order valence-corrected chi connectivity index (χ0v) is 15.0. The van der Waals surface area contributed by atoms with E-state index in [1.54, 1.807) is 42.9 Å². The lowest BCUT2D eigenvalue weighted by Crippen LogP contribution is -2.32. The SMILES string of the molecule is O=C(NCc1cc[nH]c(=O)c1)[C@H]1CCO[C@@H]1c1cnn(-c2ccccc2F)c1. The summed E-state index contributed by atoms with van der Waals surface area (Å²) in [5.41, 5.74) is 1.56. The van der Waals surface area contributed by atoms with Crippen LogP contribution in [0.15, 0.2) is 59.8 Å². The second-order valence-corrected chi connectivity index (χ2v) is 6.64. The van der Waals surface area contributed by atoms with Gasteiger partial charge in [0.15, 0.2) is 0 Å². The Morgan fingerprint density at radius 1 is 1.36 bits per heavy atom. The van der Waals surface area contributed by atoms with Gasteiger partial charge in [-0.05, 0) is 30.2 Å². The number of H-pyrrole nitrogens is 1. The van der Waals surface area contributed by atoms with E-state index in [9.17, 15) is 14.0 Å². The van der Waals surface area contributed by atoms with Gasteiger partial charge >= 0.3 is 0 Å². The van der Waals surface area contributed by atoms with E-state index in [2.05, 4.69) is 15.4 Å². The van der Waals surface area contributed by atoms with Crippen molar-refractivity contribution < 1.29 is 13.9 Å². The van der Waals surface area contributed by atoms with Crippen molar-refractivity contribution in [1.82, 2.24) is 20.1 Å². The monoisotopic (exact) mass is 382 g/mol. The molecule has 0 spiro atoms. The number of ether oxygens (including phenoxy) is 1. The van der Waals surface area contributed by atoms with E-state index >= 15 is 0 Å². The second kappa shape index (κ2) is 7.77. The Morgan fingerprint density at radius 3 is 3.04 bits per heavy atom. The van der Waals surface area contributed by atoms with Crippen LogP contribution in [0.4, 0.5) is 4.39 Å². The maximum atomic E-state index is 14.0. The van der Waals surface area contributed by atoms with Crippen molar-refractivity contribution in [1.29, 1.82) is 0 Å². The molecule has 2 aromatic heterocycles. The molecule has 28 heavy (non-hydrogen) atoms. The Labute approximate surface area is 160 Å². The van der Waals surface area contributed by atoms with Crippen molar-refractivity contribution in [3.05, 3.63) is 82.3 Å². The fourth-order valence-electron chi connectivity index (χ4n) is 3.36. The van der Waals surface area contributed by atoms with Crippen molar-refractivity contribution in [2.24, 2.45) is 5.92 Å². The molecule has 2 N–H and O–H groups in total. The average Bonchev–Trinajstić information content (AvgIpc) is 3.36. The zero-order chi connectivity index (χ0) is 19.5. The van der Waals surface area contributed by atoms with E-state index in [-0.39, 0.29) is 29.7 Å². The van der Waals surface area contributed by atoms with Gasteiger partial charge in [-0.1, -0.05) is 12.1 Å². The highest BCUT2D eigenvalue weighted by Gasteiger charge is 2.36. The Hall–Kier alpha value is -3.26. The van der Waals surface area contributed by atoms with Gasteiger partial charge < -0.3 is 15.0 Å². The molecule has 1 saturated heterocycles. The highest BCUT2D eigenvalue weighted by atomic mass is 19.1. The number of para-hydroxylation sites is 1. The van der Waals surface area contributed by atoms with Crippen LogP contribution in [0.2, 0.25) is 0 Å². The molecule has 8 heteroatoms. The summed E-state index contributed by atoms with van der Waals surface area (Å²) in [7, 11) is 0. The highest BCUT2D eigenvalue weighted by molar-refractivity contribution is 5.79. The van der Waals surface area contributed by atoms with Gasteiger partial charge in [-0.2, -0.15) is 5.10 Å². The third kappa shape index (κ3) is 3.72. The number of rotatable bonds is 5. The fourth-order valence-corrected chi connectivity index (χ4v) is 3.36. The summed E-state index contributed by atoms with van der Waals surface area (Å²) < 4.78 is 21.2. The van der Waals surface area contributed by atoms with Crippen LogP contribution < -0.4 is 10.9 Å². The van der Waals surface area contributed by atoms with E-state index in [1.807, 2.05) is 0 Å². The number of aromatic amines is 1. The predicted molar refractivity (Wildman–Crippen MR) is 99.2 cm³/mol. The van der Waals surface area contributed by atoms with E-state index in [0.29, 0.717) is 18.7 Å². The summed E-state index contributed by atoms with van der Waals surface area (Å²) in [5.74, 6) is -0.904. The largest absolute Gasteiger partial charge is 0.373 e. The van der Waals surface area contributed by atoms with Crippen LogP contribution >= 0.6 is 0 Å². The summed E-state index contributed by atoms with van der Waals surface area (Å²) in [4.78, 5) is 26.5. The molecule has 144 valence electrons. The van der Waals surface area contributed by atoms with Crippen LogP contribution in [0, 0.1) is 11.7 Å². The van der Waals surface area contributed by atoms with Crippen LogP contribution in [0.5, 0.6) is 0 Å². The normalized spacial score (nSPS) is 18.9. The molecule has 0 saturated carbocycles. The zero-order valence-electron chi connectivity index (χ0n) is 15.0. The number of nitrogens with one attached hydrogen (secondary N) is 2. The molecule has 7 nitrogen and oxygen atoms in total. The fraction of sp³-hybridized carbons (Fsp3) is 0.250. The molecule has 1 aromatic carbocycles. The molecule has 0 aliphatic carbocycles. The van der Waals surface area contributed by atoms with E-state index in [4.69, 9.17) is 4.74 Å². The average molecular weight is 382 g/mol. The Bertz CT molecular complexity index is 1050. The van der Waals surface area contributed by atoms with Crippen LogP contribution in [-0.2, 0) is 16.1 Å². The topological polar surface area (TPSA) is 89.0 Å². The molecule has 1 aliphatic rings. The molecule has 4 rings (SSSR count). The summed E-state index contributed by atoms with van der Waals surface area (Å²) in [5, 5.41) is 7.07. The Balaban J connectivity index is 1.47. The minimum absolute atomic E-state index is 0.151. The summed E-state index contributed by atoms with van der Waals surface area (Å²) in [6, 6.07) is 9.53. The van der Waals surface area contributed by atoms with Crippen molar-refractivity contribution >= 4 is 5.91 Å². The number of hydrogen-bond donors (Lipinski definition) is 2. The number of carbonyl (C=O) groups is 1. The first-order valence-electron chi connectivity index (χ1n) is 8.98. The van der Waals surface area contributed by atoms with E-state index < -0.39 is 6.10 Å². The molecule has 3 heterocycles. The van der Waals surface area contributed by atoms with Crippen LogP contribution in [0.1, 0.15) is 23.7 Å². The van der Waals surface area contributed by atoms with Gasteiger partial charge in [0.05, 0.1) is 18.2 Å². The number of benzene rings is 1. The van der Waals surface area contributed by atoms with Crippen LogP contribution in [-0.4, -0.2) is 27.3 Å². The second-order valence-electron chi connectivity index (χ2n) is 6.64. The number of nitrogens with zero attached hydrogens (tertiary/aromatic N) is 2. The molecule has 0 radical (unpaired) electrons. The standard InChI is InChI=1S/C20H19FN4O3/c21-16-3-1-2-4-17(16)25-12-14(11-24-25)19-15(6-8-28-19)20(27)23-10-13-5-7-22-18(26)9-13/h1-5,7,9,11-12,15,19H,6,8,10H2,(H,22,26)(H,23,27)/t15-,19+/m0/s1. The molecular weight excluding hydrogens is 363 g/mol. The molecule has 3 aromatic rings. The van der Waals surface area contributed by atoms with Gasteiger partial charge in [0, 0.05) is 37.2 Å². The third-order valence-corrected chi connectivity index (χ3v) is 4.77. The molecule has 1 fully saturated rings. The van der Waals surface area contributed by atoms with Crippen molar-refractivity contribution in [2.75, 3.05) is 6.61 Å². The lowest BCUT2D eigenvalue weighted by atomic mass is 9.96. The third-order valence-electron chi connectivity index (χ3n) is 4.77. The molecule has 2 atom stereocenters. The van der Waals surface area contributed by atoms with Gasteiger partial charge in [0.2, 0.25) is 11.5 Å². The number of aromatic nitrogens is 3. The summed E-state index contributed by atoms with van der Waals surface area (Å²) in [6.45, 7) is 0.721. The van der Waals surface area contributed by atoms with Gasteiger partial charge in [-0.25, -0.2) is 9.07 Å². The quantitative estimate of drug-likeness (QED) is 0.707. The van der Waals surface area contributed by atoms with E-state index in [1.165, 1.54) is 16.8 Å². The summed E-state index contributed by atoms with van der Waals surface area (Å²) >= 11 is 0. The first-order chi connectivity index (χ1) is 13.6. The maximum absolute atomic E-state index is 14.0. The lowest BCUT2D eigenvalue weighted by Gasteiger charge is -2.17. The number of hydrogen-bond acceptors (Lipinski definition) is 4. The number of pyridine rings is 1. The first-order valence-corrected chi connectivity index (χ1v) is 8.98. The van der Waals surface area contributed by atoms with Gasteiger partial charge in [-0.15, -0.1) is 0 Å². The number of amides is 1.